The van der Waals surface area contributed by atoms with Gasteiger partial charge < -0.3 is 10.5 Å². The van der Waals surface area contributed by atoms with Gasteiger partial charge in [0.25, 0.3) is 0 Å². The van der Waals surface area contributed by atoms with Gasteiger partial charge in [-0.25, -0.2) is 0 Å². The zero-order valence-electron chi connectivity index (χ0n) is 10.6. The summed E-state index contributed by atoms with van der Waals surface area (Å²) < 4.78 is 4.71. The molecule has 1 aromatic heterocycles. The van der Waals surface area contributed by atoms with Gasteiger partial charge in [-0.05, 0) is 25.0 Å². The molecule has 4 heteroatoms. The highest BCUT2D eigenvalue weighted by atomic mass is 16.5. The first-order valence-corrected chi connectivity index (χ1v) is 5.83. The molecule has 0 saturated carbocycles. The smallest absolute Gasteiger partial charge is 0.306 e. The molecule has 0 aromatic carbocycles. The lowest BCUT2D eigenvalue weighted by Gasteiger charge is -2.22. The predicted octanol–water partition coefficient (Wildman–Crippen LogP) is 1.77. The van der Waals surface area contributed by atoms with Crippen LogP contribution in [0.5, 0.6) is 0 Å². The van der Waals surface area contributed by atoms with E-state index in [4.69, 9.17) is 10.5 Å². The third-order valence-electron chi connectivity index (χ3n) is 2.96. The Kier molecular flexibility index (Phi) is 5.10. The number of hydrogen-bond donors (Lipinski definition) is 1. The van der Waals surface area contributed by atoms with Crippen molar-refractivity contribution in [3.63, 3.8) is 0 Å². The number of carbonyl (C=O) groups is 1. The molecule has 1 heterocycles. The first-order valence-electron chi connectivity index (χ1n) is 5.83. The van der Waals surface area contributed by atoms with Crippen LogP contribution in [0.25, 0.3) is 0 Å². The van der Waals surface area contributed by atoms with Gasteiger partial charge in [-0.1, -0.05) is 13.0 Å². The number of esters is 1. The molecule has 0 aliphatic heterocycles. The van der Waals surface area contributed by atoms with Crippen LogP contribution in [0.4, 0.5) is 0 Å². The second kappa shape index (κ2) is 6.35. The number of aryl methyl sites for hydroxylation is 1. The number of methoxy groups -OCH3 is 1. The van der Waals surface area contributed by atoms with E-state index >= 15 is 0 Å². The first kappa shape index (κ1) is 13.6. The van der Waals surface area contributed by atoms with E-state index in [1.807, 2.05) is 26.0 Å². The maximum absolute atomic E-state index is 11.4. The van der Waals surface area contributed by atoms with Gasteiger partial charge in [0.15, 0.2) is 0 Å². The minimum Gasteiger partial charge on any atom is -0.469 e. The molecule has 0 amide bonds. The Labute approximate surface area is 102 Å². The van der Waals surface area contributed by atoms with Gasteiger partial charge in [0.1, 0.15) is 0 Å². The predicted molar refractivity (Wildman–Crippen MR) is 66.6 cm³/mol. The van der Waals surface area contributed by atoms with Gasteiger partial charge in [0.05, 0.1) is 13.5 Å². The lowest BCUT2D eigenvalue weighted by atomic mass is 9.88. The van der Waals surface area contributed by atoms with Crippen LogP contribution in [0.1, 0.15) is 36.9 Å². The van der Waals surface area contributed by atoms with E-state index in [1.54, 1.807) is 6.20 Å². The summed E-state index contributed by atoms with van der Waals surface area (Å²) in [5.74, 6) is -0.264. The number of nitrogens with zero attached hydrogens (tertiary/aromatic N) is 1. The van der Waals surface area contributed by atoms with E-state index in [0.717, 1.165) is 17.7 Å². The average Bonchev–Trinajstić information content (AvgIpc) is 2.36. The van der Waals surface area contributed by atoms with E-state index in [9.17, 15) is 4.79 Å². The number of hydrogen-bond acceptors (Lipinski definition) is 4. The van der Waals surface area contributed by atoms with Gasteiger partial charge in [0.2, 0.25) is 0 Å². The Morgan fingerprint density at radius 1 is 1.53 bits per heavy atom. The summed E-state index contributed by atoms with van der Waals surface area (Å²) in [5, 5.41) is 0. The molecule has 94 valence electrons. The maximum atomic E-state index is 11.4. The fraction of sp³-hybridized carbons (Fsp3) is 0.538. The largest absolute Gasteiger partial charge is 0.469 e. The van der Waals surface area contributed by atoms with Crippen LogP contribution in [-0.4, -0.2) is 24.1 Å². The summed E-state index contributed by atoms with van der Waals surface area (Å²) >= 11 is 0. The van der Waals surface area contributed by atoms with E-state index in [0.29, 0.717) is 6.42 Å². The zero-order chi connectivity index (χ0) is 12.8. The molecule has 17 heavy (non-hydrogen) atoms. The fourth-order valence-electron chi connectivity index (χ4n) is 1.76. The Morgan fingerprint density at radius 3 is 2.71 bits per heavy atom. The topological polar surface area (TPSA) is 65.2 Å². The van der Waals surface area contributed by atoms with Crippen LogP contribution in [0.3, 0.4) is 0 Å². The lowest BCUT2D eigenvalue weighted by Crippen LogP contribution is -2.29. The minimum atomic E-state index is -0.237. The Hall–Kier alpha value is -1.42. The molecule has 1 rings (SSSR count). The molecule has 0 saturated heterocycles. The van der Waals surface area contributed by atoms with Gasteiger partial charge in [-0.3, -0.25) is 9.78 Å². The molecular weight excluding hydrogens is 216 g/mol. The van der Waals surface area contributed by atoms with E-state index < -0.39 is 0 Å². The van der Waals surface area contributed by atoms with Crippen molar-refractivity contribution in [2.24, 2.45) is 5.73 Å². The van der Waals surface area contributed by atoms with Crippen molar-refractivity contribution in [2.75, 3.05) is 7.11 Å². The normalized spacial score (nSPS) is 14.1. The second-order valence-corrected chi connectivity index (χ2v) is 4.19. The van der Waals surface area contributed by atoms with Crippen molar-refractivity contribution in [3.8, 4) is 0 Å². The number of carbonyl (C=O) groups excluding carboxylic acids is 1. The minimum absolute atomic E-state index is 0.0273. The highest BCUT2D eigenvalue weighted by Crippen LogP contribution is 2.24. The van der Waals surface area contributed by atoms with Crippen LogP contribution in [0, 0.1) is 6.92 Å². The third kappa shape index (κ3) is 3.82. The third-order valence-corrected chi connectivity index (χ3v) is 2.96. The van der Waals surface area contributed by atoms with Gasteiger partial charge in [-0.15, -0.1) is 0 Å². The summed E-state index contributed by atoms with van der Waals surface area (Å²) in [5.41, 5.74) is 8.00. The molecule has 0 bridgehead atoms. The molecule has 2 unspecified atom stereocenters. The number of aromatic nitrogens is 1. The molecule has 0 fully saturated rings. The van der Waals surface area contributed by atoms with Crippen LogP contribution in [0.2, 0.25) is 0 Å². The monoisotopic (exact) mass is 236 g/mol. The summed E-state index contributed by atoms with van der Waals surface area (Å²) in [6, 6.07) is 3.85. The Balaban J connectivity index is 2.89. The van der Waals surface area contributed by atoms with Crippen LogP contribution in [-0.2, 0) is 9.53 Å². The molecular formula is C13H20N2O2. The SMILES string of the molecule is CCC(N)C(CC(=O)OC)c1ccc(C)nc1. The number of nitrogens with two attached hydrogens (primary N) is 1. The van der Waals surface area contributed by atoms with Crippen LogP contribution >= 0.6 is 0 Å². The molecule has 0 radical (unpaired) electrons. The van der Waals surface area contributed by atoms with Gasteiger partial charge in [0, 0.05) is 23.9 Å². The van der Waals surface area contributed by atoms with Crippen molar-refractivity contribution in [3.05, 3.63) is 29.6 Å². The Bertz CT molecular complexity index is 362. The summed E-state index contributed by atoms with van der Waals surface area (Å²) in [7, 11) is 1.39. The van der Waals surface area contributed by atoms with Crippen molar-refractivity contribution in [2.45, 2.75) is 38.6 Å². The maximum Gasteiger partial charge on any atom is 0.306 e. The number of pyridine rings is 1. The van der Waals surface area contributed by atoms with Crippen LogP contribution < -0.4 is 5.73 Å². The van der Waals surface area contributed by atoms with E-state index in [2.05, 4.69) is 4.98 Å². The molecule has 0 spiro atoms. The molecule has 4 nitrogen and oxygen atoms in total. The second-order valence-electron chi connectivity index (χ2n) is 4.19. The van der Waals surface area contributed by atoms with Crippen molar-refractivity contribution < 1.29 is 9.53 Å². The summed E-state index contributed by atoms with van der Waals surface area (Å²) in [4.78, 5) is 15.6. The van der Waals surface area contributed by atoms with E-state index in [1.165, 1.54) is 7.11 Å². The summed E-state index contributed by atoms with van der Waals surface area (Å²) in [6.07, 6.45) is 2.91. The van der Waals surface area contributed by atoms with Crippen LogP contribution in [0.15, 0.2) is 18.3 Å². The molecule has 0 aliphatic rings. The zero-order valence-corrected chi connectivity index (χ0v) is 10.6. The quantitative estimate of drug-likeness (QED) is 0.791. The molecule has 2 N–H and O–H groups in total. The van der Waals surface area contributed by atoms with Crippen molar-refractivity contribution in [1.82, 2.24) is 4.98 Å². The van der Waals surface area contributed by atoms with Gasteiger partial charge in [-0.2, -0.15) is 0 Å². The molecule has 1 aromatic rings. The number of ether oxygens (including phenoxy) is 1. The Morgan fingerprint density at radius 2 is 2.24 bits per heavy atom. The molecule has 0 aliphatic carbocycles. The standard InChI is InChI=1S/C13H20N2O2/c1-4-12(14)11(7-13(16)17-3)10-6-5-9(2)15-8-10/h5-6,8,11-12H,4,7,14H2,1-3H3. The lowest BCUT2D eigenvalue weighted by molar-refractivity contribution is -0.141. The molecule has 2 atom stereocenters. The van der Waals surface area contributed by atoms with Gasteiger partial charge >= 0.3 is 5.97 Å². The fourth-order valence-corrected chi connectivity index (χ4v) is 1.76. The highest BCUT2D eigenvalue weighted by Gasteiger charge is 2.22. The number of rotatable bonds is 5. The summed E-state index contributed by atoms with van der Waals surface area (Å²) in [6.45, 7) is 3.94. The van der Waals surface area contributed by atoms with E-state index in [-0.39, 0.29) is 17.9 Å². The highest BCUT2D eigenvalue weighted by molar-refractivity contribution is 5.70. The van der Waals surface area contributed by atoms with Crippen molar-refractivity contribution in [1.29, 1.82) is 0 Å². The van der Waals surface area contributed by atoms with Crippen molar-refractivity contribution >= 4 is 5.97 Å². The first-order chi connectivity index (χ1) is 8.08. The average molecular weight is 236 g/mol.